The topological polar surface area (TPSA) is 12.0 Å². The van der Waals surface area contributed by atoms with Crippen LogP contribution in [-0.2, 0) is 12.8 Å². The van der Waals surface area contributed by atoms with E-state index in [0.29, 0.717) is 5.54 Å². The van der Waals surface area contributed by atoms with Gasteiger partial charge in [-0.3, -0.25) is 0 Å². The molecule has 0 bridgehead atoms. The molecule has 1 heterocycles. The summed E-state index contributed by atoms with van der Waals surface area (Å²) in [4.78, 5) is 0. The van der Waals surface area contributed by atoms with Crippen LogP contribution in [0.15, 0.2) is 22.7 Å². The van der Waals surface area contributed by atoms with E-state index in [4.69, 9.17) is 0 Å². The van der Waals surface area contributed by atoms with Gasteiger partial charge >= 0.3 is 0 Å². The van der Waals surface area contributed by atoms with Gasteiger partial charge < -0.3 is 5.32 Å². The standard InChI is InChI=1S/C12H14BrN/c13-11-3-1-2-9-4-7-14-12(5-6-12)8-10(9)11/h1-3,14H,4-8H2. The monoisotopic (exact) mass is 251 g/mol. The van der Waals surface area contributed by atoms with Crippen molar-refractivity contribution in [1.29, 1.82) is 0 Å². The van der Waals surface area contributed by atoms with E-state index in [2.05, 4.69) is 39.4 Å². The summed E-state index contributed by atoms with van der Waals surface area (Å²) in [5.41, 5.74) is 3.53. The Morgan fingerprint density at radius 2 is 2.14 bits per heavy atom. The Morgan fingerprint density at radius 3 is 2.93 bits per heavy atom. The third kappa shape index (κ3) is 1.41. The van der Waals surface area contributed by atoms with E-state index in [1.807, 2.05) is 0 Å². The highest BCUT2D eigenvalue weighted by atomic mass is 79.9. The molecule has 1 fully saturated rings. The number of hydrogen-bond acceptors (Lipinski definition) is 1. The molecular formula is C12H14BrN. The van der Waals surface area contributed by atoms with E-state index in [1.165, 1.54) is 41.3 Å². The lowest BCUT2D eigenvalue weighted by Crippen LogP contribution is -2.32. The van der Waals surface area contributed by atoms with Gasteiger partial charge in [-0.2, -0.15) is 0 Å². The van der Waals surface area contributed by atoms with Crippen molar-refractivity contribution >= 4 is 15.9 Å². The molecule has 14 heavy (non-hydrogen) atoms. The minimum Gasteiger partial charge on any atom is -0.311 e. The zero-order chi connectivity index (χ0) is 9.60. The van der Waals surface area contributed by atoms with Crippen LogP contribution in [0, 0.1) is 0 Å². The van der Waals surface area contributed by atoms with Crippen LogP contribution in [0.5, 0.6) is 0 Å². The van der Waals surface area contributed by atoms with E-state index < -0.39 is 0 Å². The van der Waals surface area contributed by atoms with Crippen molar-refractivity contribution in [2.75, 3.05) is 6.54 Å². The summed E-state index contributed by atoms with van der Waals surface area (Å²) in [6, 6.07) is 6.58. The number of hydrogen-bond donors (Lipinski definition) is 1. The second-order valence-electron chi connectivity index (χ2n) is 4.51. The summed E-state index contributed by atoms with van der Waals surface area (Å²) in [5.74, 6) is 0. The molecule has 0 unspecified atom stereocenters. The van der Waals surface area contributed by atoms with Crippen molar-refractivity contribution in [1.82, 2.24) is 5.32 Å². The summed E-state index contributed by atoms with van der Waals surface area (Å²) in [6.45, 7) is 1.14. The van der Waals surface area contributed by atoms with Crippen molar-refractivity contribution in [3.05, 3.63) is 33.8 Å². The molecule has 0 atom stereocenters. The van der Waals surface area contributed by atoms with Gasteiger partial charge in [0, 0.05) is 10.0 Å². The summed E-state index contributed by atoms with van der Waals surface area (Å²) in [7, 11) is 0. The van der Waals surface area contributed by atoms with Crippen LogP contribution in [0.4, 0.5) is 0 Å². The van der Waals surface area contributed by atoms with E-state index >= 15 is 0 Å². The molecule has 1 spiro atoms. The van der Waals surface area contributed by atoms with E-state index in [0.717, 1.165) is 6.54 Å². The Hall–Kier alpha value is -0.340. The molecule has 1 aromatic carbocycles. The first-order valence-electron chi connectivity index (χ1n) is 5.30. The van der Waals surface area contributed by atoms with Crippen molar-refractivity contribution in [3.8, 4) is 0 Å². The van der Waals surface area contributed by atoms with Gasteiger partial charge in [0.05, 0.1) is 0 Å². The zero-order valence-electron chi connectivity index (χ0n) is 8.15. The molecule has 1 N–H and O–H groups in total. The van der Waals surface area contributed by atoms with Gasteiger partial charge in [0.25, 0.3) is 0 Å². The number of nitrogens with one attached hydrogen (secondary N) is 1. The average molecular weight is 252 g/mol. The average Bonchev–Trinajstić information content (AvgIpc) is 2.94. The van der Waals surface area contributed by atoms with Gasteiger partial charge in [0.2, 0.25) is 0 Å². The molecular weight excluding hydrogens is 238 g/mol. The van der Waals surface area contributed by atoms with Gasteiger partial charge in [-0.1, -0.05) is 28.1 Å². The highest BCUT2D eigenvalue weighted by Gasteiger charge is 2.43. The van der Waals surface area contributed by atoms with E-state index in [9.17, 15) is 0 Å². The maximum absolute atomic E-state index is 3.69. The second-order valence-corrected chi connectivity index (χ2v) is 5.37. The van der Waals surface area contributed by atoms with Gasteiger partial charge in [-0.15, -0.1) is 0 Å². The third-order valence-corrected chi connectivity index (χ3v) is 4.22. The Kier molecular flexibility index (Phi) is 1.96. The molecule has 1 aromatic rings. The fourth-order valence-electron chi connectivity index (χ4n) is 2.40. The lowest BCUT2D eigenvalue weighted by Gasteiger charge is -2.14. The van der Waals surface area contributed by atoms with Crippen molar-refractivity contribution < 1.29 is 0 Å². The largest absolute Gasteiger partial charge is 0.311 e. The van der Waals surface area contributed by atoms with Gasteiger partial charge in [-0.05, 0) is 49.4 Å². The predicted octanol–water partition coefficient (Wildman–Crippen LogP) is 2.67. The van der Waals surface area contributed by atoms with Crippen LogP contribution in [0.25, 0.3) is 0 Å². The molecule has 1 aliphatic carbocycles. The Balaban J connectivity index is 2.04. The zero-order valence-corrected chi connectivity index (χ0v) is 9.73. The van der Waals surface area contributed by atoms with Crippen molar-refractivity contribution in [2.24, 2.45) is 0 Å². The number of rotatable bonds is 0. The maximum atomic E-state index is 3.69. The number of halogens is 1. The molecule has 2 heteroatoms. The third-order valence-electron chi connectivity index (χ3n) is 3.48. The predicted molar refractivity (Wildman–Crippen MR) is 61.5 cm³/mol. The summed E-state index contributed by atoms with van der Waals surface area (Å²) in [5, 5.41) is 3.69. The Bertz CT molecular complexity index is 369. The quantitative estimate of drug-likeness (QED) is 0.748. The summed E-state index contributed by atoms with van der Waals surface area (Å²) in [6.07, 6.45) is 5.10. The lowest BCUT2D eigenvalue weighted by atomic mass is 9.99. The molecule has 1 nitrogen and oxygen atoms in total. The maximum Gasteiger partial charge on any atom is 0.0223 e. The molecule has 0 amide bonds. The highest BCUT2D eigenvalue weighted by molar-refractivity contribution is 9.10. The number of benzene rings is 1. The fourth-order valence-corrected chi connectivity index (χ4v) is 2.95. The van der Waals surface area contributed by atoms with Crippen LogP contribution in [0.1, 0.15) is 24.0 Å². The Labute approximate surface area is 93.0 Å². The van der Waals surface area contributed by atoms with Crippen molar-refractivity contribution in [3.63, 3.8) is 0 Å². The van der Waals surface area contributed by atoms with Crippen LogP contribution in [0.3, 0.4) is 0 Å². The van der Waals surface area contributed by atoms with Crippen LogP contribution in [0.2, 0.25) is 0 Å². The fraction of sp³-hybridized carbons (Fsp3) is 0.500. The van der Waals surface area contributed by atoms with Crippen LogP contribution >= 0.6 is 15.9 Å². The van der Waals surface area contributed by atoms with Crippen LogP contribution in [-0.4, -0.2) is 12.1 Å². The molecule has 2 aliphatic rings. The van der Waals surface area contributed by atoms with E-state index in [1.54, 1.807) is 0 Å². The SMILES string of the molecule is Brc1cccc2c1CC1(CC1)NCC2. The second kappa shape index (κ2) is 3.07. The van der Waals surface area contributed by atoms with Gasteiger partial charge in [-0.25, -0.2) is 0 Å². The smallest absolute Gasteiger partial charge is 0.0223 e. The lowest BCUT2D eigenvalue weighted by molar-refractivity contribution is 0.514. The molecule has 0 radical (unpaired) electrons. The first kappa shape index (κ1) is 8.93. The first-order valence-corrected chi connectivity index (χ1v) is 6.10. The molecule has 74 valence electrons. The van der Waals surface area contributed by atoms with E-state index in [-0.39, 0.29) is 0 Å². The summed E-state index contributed by atoms with van der Waals surface area (Å²) >= 11 is 3.67. The first-order chi connectivity index (χ1) is 6.79. The normalized spacial score (nSPS) is 22.9. The molecule has 0 saturated heterocycles. The Morgan fingerprint density at radius 1 is 1.29 bits per heavy atom. The van der Waals surface area contributed by atoms with Crippen molar-refractivity contribution in [2.45, 2.75) is 31.2 Å². The minimum atomic E-state index is 0.467. The van der Waals surface area contributed by atoms with Gasteiger partial charge in [0.15, 0.2) is 0 Å². The minimum absolute atomic E-state index is 0.467. The van der Waals surface area contributed by atoms with Crippen LogP contribution < -0.4 is 5.32 Å². The number of fused-ring (bicyclic) bond motifs is 1. The molecule has 3 rings (SSSR count). The highest BCUT2D eigenvalue weighted by Crippen LogP contribution is 2.42. The molecule has 1 aliphatic heterocycles. The van der Waals surface area contributed by atoms with Gasteiger partial charge in [0.1, 0.15) is 0 Å². The molecule has 1 saturated carbocycles. The summed E-state index contributed by atoms with van der Waals surface area (Å²) < 4.78 is 1.30. The molecule has 0 aromatic heterocycles.